The third-order valence-corrected chi connectivity index (χ3v) is 6.58. The summed E-state index contributed by atoms with van der Waals surface area (Å²) in [5.74, 6) is -0.215. The maximum Gasteiger partial charge on any atom is 0.226 e. The normalized spacial score (nSPS) is 23.3. The summed E-state index contributed by atoms with van der Waals surface area (Å²) in [7, 11) is -3.03. The zero-order valence-electron chi connectivity index (χ0n) is 13.8. The smallest absolute Gasteiger partial charge is 0.226 e. The van der Waals surface area contributed by atoms with Crippen LogP contribution in [0.4, 0.5) is 5.69 Å². The number of ketones is 1. The Morgan fingerprint density at radius 2 is 1.67 bits per heavy atom. The van der Waals surface area contributed by atoms with E-state index in [1.165, 1.54) is 0 Å². The lowest BCUT2D eigenvalue weighted by Gasteiger charge is -2.37. The first-order valence-electron chi connectivity index (χ1n) is 8.21. The van der Waals surface area contributed by atoms with Gasteiger partial charge in [-0.1, -0.05) is 0 Å². The summed E-state index contributed by atoms with van der Waals surface area (Å²) in [5.41, 5.74) is 1.73. The molecule has 0 aliphatic carbocycles. The fourth-order valence-corrected chi connectivity index (χ4v) is 5.07. The lowest BCUT2D eigenvalue weighted by Crippen LogP contribution is -2.50. The Labute approximate surface area is 142 Å². The molecule has 1 aromatic rings. The molecule has 1 atom stereocenters. The van der Waals surface area contributed by atoms with Gasteiger partial charge in [-0.3, -0.25) is 9.59 Å². The molecule has 2 saturated heterocycles. The first kappa shape index (κ1) is 17.0. The molecule has 0 spiro atoms. The first-order valence-corrected chi connectivity index (χ1v) is 10.0. The Bertz CT molecular complexity index is 734. The molecule has 1 unspecified atom stereocenters. The quantitative estimate of drug-likeness (QED) is 0.760. The van der Waals surface area contributed by atoms with Crippen molar-refractivity contribution in [1.29, 1.82) is 0 Å². The summed E-state index contributed by atoms with van der Waals surface area (Å²) < 4.78 is 23.1. The molecule has 7 heteroatoms. The molecule has 1 amide bonds. The van der Waals surface area contributed by atoms with Gasteiger partial charge in [0.05, 0.1) is 17.4 Å². The Hall–Kier alpha value is -1.89. The molecule has 2 fully saturated rings. The van der Waals surface area contributed by atoms with Crippen LogP contribution in [0.3, 0.4) is 0 Å². The molecule has 0 N–H and O–H groups in total. The standard InChI is InChI=1S/C17H22N2O4S/c1-13(20)14-2-4-16(5-3-14)18-7-9-19(10-8-18)17(21)15-6-11-24(22,23)12-15/h2-5,15H,6-12H2,1H3. The number of benzene rings is 1. The summed E-state index contributed by atoms with van der Waals surface area (Å²) in [5, 5.41) is 0. The highest BCUT2D eigenvalue weighted by atomic mass is 32.2. The predicted octanol–water partition coefficient (Wildman–Crippen LogP) is 0.972. The minimum absolute atomic E-state index is 0.00143. The lowest BCUT2D eigenvalue weighted by atomic mass is 10.1. The number of Topliss-reactive ketones (excluding diaryl/α,β-unsaturated/α-hetero) is 1. The molecular formula is C17H22N2O4S. The van der Waals surface area contributed by atoms with E-state index in [1.54, 1.807) is 11.8 Å². The Morgan fingerprint density at radius 3 is 2.17 bits per heavy atom. The van der Waals surface area contributed by atoms with Crippen LogP contribution in [0.5, 0.6) is 0 Å². The van der Waals surface area contributed by atoms with E-state index < -0.39 is 9.84 Å². The van der Waals surface area contributed by atoms with Crippen LogP contribution in [0.1, 0.15) is 23.7 Å². The fourth-order valence-electron chi connectivity index (χ4n) is 3.34. The van der Waals surface area contributed by atoms with Crippen LogP contribution in [0.15, 0.2) is 24.3 Å². The molecule has 6 nitrogen and oxygen atoms in total. The van der Waals surface area contributed by atoms with Crippen LogP contribution < -0.4 is 4.90 Å². The molecule has 3 rings (SSSR count). The van der Waals surface area contributed by atoms with E-state index in [1.807, 2.05) is 24.3 Å². The van der Waals surface area contributed by atoms with Crippen LogP contribution in [0.2, 0.25) is 0 Å². The fraction of sp³-hybridized carbons (Fsp3) is 0.529. The third kappa shape index (κ3) is 3.61. The van der Waals surface area contributed by atoms with E-state index >= 15 is 0 Å². The second kappa shape index (κ2) is 6.55. The Morgan fingerprint density at radius 1 is 1.04 bits per heavy atom. The van der Waals surface area contributed by atoms with Gasteiger partial charge < -0.3 is 9.80 Å². The summed E-state index contributed by atoms with van der Waals surface area (Å²) >= 11 is 0. The summed E-state index contributed by atoms with van der Waals surface area (Å²) in [6.45, 7) is 4.17. The van der Waals surface area contributed by atoms with E-state index in [0.717, 1.165) is 5.69 Å². The second-order valence-electron chi connectivity index (χ2n) is 6.52. The SMILES string of the molecule is CC(=O)c1ccc(N2CCN(C(=O)C3CCS(=O)(=O)C3)CC2)cc1. The second-order valence-corrected chi connectivity index (χ2v) is 8.74. The number of amides is 1. The van der Waals surface area contributed by atoms with Crippen molar-refractivity contribution >= 4 is 27.2 Å². The van der Waals surface area contributed by atoms with Gasteiger partial charge >= 0.3 is 0 Å². The number of hydrogen-bond donors (Lipinski definition) is 0. The van der Waals surface area contributed by atoms with Crippen molar-refractivity contribution in [3.8, 4) is 0 Å². The van der Waals surface area contributed by atoms with Gasteiger partial charge in [-0.2, -0.15) is 0 Å². The van der Waals surface area contributed by atoms with Gasteiger partial charge in [0.15, 0.2) is 15.6 Å². The van der Waals surface area contributed by atoms with Crippen molar-refractivity contribution in [2.45, 2.75) is 13.3 Å². The molecule has 2 aliphatic heterocycles. The first-order chi connectivity index (χ1) is 11.4. The van der Waals surface area contributed by atoms with Gasteiger partial charge in [0.1, 0.15) is 0 Å². The molecule has 0 radical (unpaired) electrons. The van der Waals surface area contributed by atoms with Gasteiger partial charge in [-0.15, -0.1) is 0 Å². The van der Waals surface area contributed by atoms with Crippen molar-refractivity contribution in [2.24, 2.45) is 5.92 Å². The molecule has 2 aliphatic rings. The van der Waals surface area contributed by atoms with Crippen molar-refractivity contribution in [1.82, 2.24) is 4.90 Å². The minimum Gasteiger partial charge on any atom is -0.368 e. The molecule has 0 aromatic heterocycles. The number of piperazine rings is 1. The average molecular weight is 350 g/mol. The monoisotopic (exact) mass is 350 g/mol. The third-order valence-electron chi connectivity index (χ3n) is 4.81. The van der Waals surface area contributed by atoms with Gasteiger partial charge in [0, 0.05) is 37.4 Å². The topological polar surface area (TPSA) is 74.8 Å². The Balaban J connectivity index is 1.57. The number of nitrogens with zero attached hydrogens (tertiary/aromatic N) is 2. The number of sulfone groups is 1. The minimum atomic E-state index is -3.03. The molecule has 1 aromatic carbocycles. The lowest BCUT2D eigenvalue weighted by molar-refractivity contribution is -0.135. The highest BCUT2D eigenvalue weighted by molar-refractivity contribution is 7.91. The molecule has 24 heavy (non-hydrogen) atoms. The van der Waals surface area contributed by atoms with E-state index in [-0.39, 0.29) is 29.1 Å². The molecule has 2 heterocycles. The molecule has 0 saturated carbocycles. The zero-order valence-corrected chi connectivity index (χ0v) is 14.6. The number of rotatable bonds is 3. The van der Waals surface area contributed by atoms with E-state index in [4.69, 9.17) is 0 Å². The Kier molecular flexibility index (Phi) is 4.62. The maximum atomic E-state index is 12.5. The van der Waals surface area contributed by atoms with Gasteiger partial charge in [0.2, 0.25) is 5.91 Å². The number of anilines is 1. The van der Waals surface area contributed by atoms with E-state index in [0.29, 0.717) is 38.2 Å². The number of carbonyl (C=O) groups is 2. The summed E-state index contributed by atoms with van der Waals surface area (Å²) in [6.07, 6.45) is 0.452. The van der Waals surface area contributed by atoms with Gasteiger partial charge in [-0.25, -0.2) is 8.42 Å². The van der Waals surface area contributed by atoms with Crippen molar-refractivity contribution in [3.63, 3.8) is 0 Å². The molecule has 0 bridgehead atoms. The van der Waals surface area contributed by atoms with Gasteiger partial charge in [-0.05, 0) is 37.6 Å². The van der Waals surface area contributed by atoms with Crippen LogP contribution in [-0.4, -0.2) is 62.7 Å². The summed E-state index contributed by atoms with van der Waals surface area (Å²) in [4.78, 5) is 27.7. The predicted molar refractivity (Wildman–Crippen MR) is 92.0 cm³/mol. The molecular weight excluding hydrogens is 328 g/mol. The average Bonchev–Trinajstić information content (AvgIpc) is 2.94. The molecule has 130 valence electrons. The van der Waals surface area contributed by atoms with Crippen LogP contribution in [0.25, 0.3) is 0 Å². The number of carbonyl (C=O) groups excluding carboxylic acids is 2. The van der Waals surface area contributed by atoms with Crippen LogP contribution >= 0.6 is 0 Å². The van der Waals surface area contributed by atoms with Gasteiger partial charge in [0.25, 0.3) is 0 Å². The van der Waals surface area contributed by atoms with Crippen LogP contribution in [0, 0.1) is 5.92 Å². The largest absolute Gasteiger partial charge is 0.368 e. The zero-order chi connectivity index (χ0) is 17.3. The van der Waals surface area contributed by atoms with Crippen molar-refractivity contribution < 1.29 is 18.0 Å². The maximum absolute atomic E-state index is 12.5. The summed E-state index contributed by atoms with van der Waals surface area (Å²) in [6, 6.07) is 7.49. The van der Waals surface area contributed by atoms with Crippen molar-refractivity contribution in [3.05, 3.63) is 29.8 Å². The highest BCUT2D eigenvalue weighted by Crippen LogP contribution is 2.23. The highest BCUT2D eigenvalue weighted by Gasteiger charge is 2.36. The van der Waals surface area contributed by atoms with Crippen LogP contribution in [-0.2, 0) is 14.6 Å². The number of hydrogen-bond acceptors (Lipinski definition) is 5. The van der Waals surface area contributed by atoms with E-state index in [9.17, 15) is 18.0 Å². The van der Waals surface area contributed by atoms with Crippen molar-refractivity contribution in [2.75, 3.05) is 42.6 Å². The van der Waals surface area contributed by atoms with E-state index in [2.05, 4.69) is 4.90 Å².